The van der Waals surface area contributed by atoms with Gasteiger partial charge in [-0.3, -0.25) is 5.43 Å². The van der Waals surface area contributed by atoms with Gasteiger partial charge >= 0.3 is 0 Å². The van der Waals surface area contributed by atoms with Crippen LogP contribution >= 0.6 is 27.3 Å². The summed E-state index contributed by atoms with van der Waals surface area (Å²) in [5, 5.41) is 14.8. The van der Waals surface area contributed by atoms with Crippen LogP contribution in [-0.2, 0) is 0 Å². The number of hydrogen-bond acceptors (Lipinski definition) is 6. The van der Waals surface area contributed by atoms with Gasteiger partial charge in [-0.1, -0.05) is 23.5 Å². The molecule has 0 fully saturated rings. The van der Waals surface area contributed by atoms with Crippen molar-refractivity contribution in [1.29, 1.82) is 0 Å². The molecular weight excluding hydrogens is 378 g/mol. The van der Waals surface area contributed by atoms with Crippen LogP contribution in [0.4, 0.5) is 5.13 Å². The Morgan fingerprint density at radius 1 is 1.39 bits per heavy atom. The van der Waals surface area contributed by atoms with E-state index in [0.717, 1.165) is 20.9 Å². The van der Waals surface area contributed by atoms with E-state index in [0.29, 0.717) is 16.8 Å². The zero-order valence-corrected chi connectivity index (χ0v) is 14.7. The van der Waals surface area contributed by atoms with Crippen LogP contribution in [0.2, 0.25) is 0 Å². The lowest BCUT2D eigenvalue weighted by Gasteiger charge is -2.08. The minimum atomic E-state index is 0.0862. The van der Waals surface area contributed by atoms with Crippen molar-refractivity contribution in [3.63, 3.8) is 0 Å². The van der Waals surface area contributed by atoms with E-state index >= 15 is 0 Å². The quantitative estimate of drug-likeness (QED) is 0.492. The highest BCUT2D eigenvalue weighted by Crippen LogP contribution is 2.35. The molecule has 2 aromatic carbocycles. The smallest absolute Gasteiger partial charge is 0.204 e. The Balaban J connectivity index is 1.77. The summed E-state index contributed by atoms with van der Waals surface area (Å²) in [4.78, 5) is 4.44. The third-order valence-electron chi connectivity index (χ3n) is 3.02. The minimum Gasteiger partial charge on any atom is -0.503 e. The summed E-state index contributed by atoms with van der Waals surface area (Å²) >= 11 is 4.84. The Morgan fingerprint density at radius 2 is 2.22 bits per heavy atom. The zero-order chi connectivity index (χ0) is 16.2. The molecule has 0 saturated heterocycles. The molecule has 1 heterocycles. The normalized spacial score (nSPS) is 11.2. The highest BCUT2D eigenvalue weighted by molar-refractivity contribution is 9.10. The maximum Gasteiger partial charge on any atom is 0.204 e. The van der Waals surface area contributed by atoms with Crippen molar-refractivity contribution < 1.29 is 9.84 Å². The van der Waals surface area contributed by atoms with E-state index in [9.17, 15) is 5.11 Å². The summed E-state index contributed by atoms with van der Waals surface area (Å²) in [6, 6.07) is 11.4. The number of nitrogens with zero attached hydrogens (tertiary/aromatic N) is 2. The van der Waals surface area contributed by atoms with Crippen LogP contribution in [-0.4, -0.2) is 22.9 Å². The number of benzene rings is 2. The van der Waals surface area contributed by atoms with Crippen molar-refractivity contribution in [2.45, 2.75) is 6.92 Å². The Kier molecular flexibility index (Phi) is 4.78. The molecule has 118 valence electrons. The lowest BCUT2D eigenvalue weighted by molar-refractivity contribution is 0.317. The molecule has 0 spiro atoms. The molecule has 7 heteroatoms. The van der Waals surface area contributed by atoms with Gasteiger partial charge in [0.1, 0.15) is 0 Å². The summed E-state index contributed by atoms with van der Waals surface area (Å²) in [7, 11) is 0. The van der Waals surface area contributed by atoms with E-state index in [4.69, 9.17) is 4.74 Å². The Labute approximate surface area is 145 Å². The molecule has 23 heavy (non-hydrogen) atoms. The second kappa shape index (κ2) is 6.97. The van der Waals surface area contributed by atoms with Crippen molar-refractivity contribution >= 4 is 48.8 Å². The number of phenols is 1. The van der Waals surface area contributed by atoms with Gasteiger partial charge in [-0.25, -0.2) is 4.98 Å². The molecule has 5 nitrogen and oxygen atoms in total. The van der Waals surface area contributed by atoms with Gasteiger partial charge in [-0.05, 0) is 52.7 Å². The van der Waals surface area contributed by atoms with Crippen LogP contribution in [0.5, 0.6) is 11.5 Å². The van der Waals surface area contributed by atoms with Crippen LogP contribution in [0, 0.1) is 0 Å². The number of nitrogens with one attached hydrogen (secondary N) is 1. The summed E-state index contributed by atoms with van der Waals surface area (Å²) in [5.74, 6) is 0.506. The fourth-order valence-electron chi connectivity index (χ4n) is 2.02. The third kappa shape index (κ3) is 3.62. The molecule has 2 N–H and O–H groups in total. The number of hydrazone groups is 1. The maximum atomic E-state index is 9.90. The third-order valence-corrected chi connectivity index (χ3v) is 4.56. The summed E-state index contributed by atoms with van der Waals surface area (Å²) in [6.07, 6.45) is 1.65. The molecule has 0 atom stereocenters. The number of phenolic OH excluding ortho intramolecular Hbond substituents is 1. The predicted octanol–water partition coefficient (Wildman–Crippen LogP) is 4.61. The summed E-state index contributed by atoms with van der Waals surface area (Å²) < 4.78 is 7.06. The molecule has 3 aromatic rings. The van der Waals surface area contributed by atoms with E-state index in [2.05, 4.69) is 31.4 Å². The SMILES string of the molecule is CCOc1cc(/C=N\Nc2nc3ccccc3s2)cc(Br)c1O. The average molecular weight is 392 g/mol. The molecule has 0 radical (unpaired) electrons. The van der Waals surface area contributed by atoms with Crippen molar-refractivity contribution in [2.24, 2.45) is 5.10 Å². The topological polar surface area (TPSA) is 66.7 Å². The van der Waals surface area contributed by atoms with Gasteiger partial charge in [0.2, 0.25) is 5.13 Å². The van der Waals surface area contributed by atoms with Crippen LogP contribution in [0.1, 0.15) is 12.5 Å². The molecule has 1 aromatic heterocycles. The van der Waals surface area contributed by atoms with Gasteiger partial charge in [0.25, 0.3) is 0 Å². The first-order valence-corrected chi connectivity index (χ1v) is 8.58. The molecule has 0 aliphatic carbocycles. The number of ether oxygens (including phenoxy) is 1. The molecule has 0 bridgehead atoms. The highest BCUT2D eigenvalue weighted by atomic mass is 79.9. The zero-order valence-electron chi connectivity index (χ0n) is 12.3. The lowest BCUT2D eigenvalue weighted by Crippen LogP contribution is -1.95. The lowest BCUT2D eigenvalue weighted by atomic mass is 10.2. The van der Waals surface area contributed by atoms with Crippen molar-refractivity contribution in [3.05, 3.63) is 46.4 Å². The van der Waals surface area contributed by atoms with Gasteiger partial charge in [0.15, 0.2) is 11.5 Å². The molecule has 0 unspecified atom stereocenters. The van der Waals surface area contributed by atoms with Gasteiger partial charge in [0, 0.05) is 0 Å². The van der Waals surface area contributed by atoms with Crippen LogP contribution < -0.4 is 10.2 Å². The molecule has 3 rings (SSSR count). The van der Waals surface area contributed by atoms with E-state index < -0.39 is 0 Å². The number of rotatable bonds is 5. The van der Waals surface area contributed by atoms with Crippen LogP contribution in [0.25, 0.3) is 10.2 Å². The highest BCUT2D eigenvalue weighted by Gasteiger charge is 2.08. The van der Waals surface area contributed by atoms with E-state index in [1.807, 2.05) is 31.2 Å². The number of anilines is 1. The van der Waals surface area contributed by atoms with Gasteiger partial charge in [-0.2, -0.15) is 5.10 Å². The number of fused-ring (bicyclic) bond motifs is 1. The Bertz CT molecular complexity index is 831. The standard InChI is InChI=1S/C16H14BrN3O2S/c1-2-22-13-8-10(7-11(17)15(13)21)9-18-20-16-19-12-5-3-4-6-14(12)23-16/h3-9,21H,2H2,1H3,(H,19,20)/b18-9-. The second-order valence-electron chi connectivity index (χ2n) is 4.64. The van der Waals surface area contributed by atoms with Gasteiger partial charge in [-0.15, -0.1) is 0 Å². The van der Waals surface area contributed by atoms with E-state index in [1.54, 1.807) is 18.3 Å². The van der Waals surface area contributed by atoms with Crippen molar-refractivity contribution in [2.75, 3.05) is 12.0 Å². The first-order valence-electron chi connectivity index (χ1n) is 6.97. The maximum absolute atomic E-state index is 9.90. The van der Waals surface area contributed by atoms with Crippen LogP contribution in [0.15, 0.2) is 46.0 Å². The second-order valence-corrected chi connectivity index (χ2v) is 6.52. The van der Waals surface area contributed by atoms with Gasteiger partial charge in [0.05, 0.1) is 27.5 Å². The fraction of sp³-hybridized carbons (Fsp3) is 0.125. The summed E-state index contributed by atoms with van der Waals surface area (Å²) in [6.45, 7) is 2.34. The molecule has 0 amide bonds. The number of aromatic hydroxyl groups is 1. The van der Waals surface area contributed by atoms with Crippen LogP contribution in [0.3, 0.4) is 0 Å². The van der Waals surface area contributed by atoms with Crippen molar-refractivity contribution in [3.8, 4) is 11.5 Å². The average Bonchev–Trinajstić information content (AvgIpc) is 2.95. The van der Waals surface area contributed by atoms with E-state index in [-0.39, 0.29) is 5.75 Å². The molecule has 0 aliphatic rings. The van der Waals surface area contributed by atoms with Gasteiger partial charge < -0.3 is 9.84 Å². The number of aromatic nitrogens is 1. The fourth-order valence-corrected chi connectivity index (χ4v) is 3.29. The minimum absolute atomic E-state index is 0.0862. The number of thiazole rings is 1. The molecular formula is C16H14BrN3O2S. The molecule has 0 saturated carbocycles. The predicted molar refractivity (Wildman–Crippen MR) is 97.8 cm³/mol. The first kappa shape index (κ1) is 15.8. The monoisotopic (exact) mass is 391 g/mol. The number of halogens is 1. The number of hydrogen-bond donors (Lipinski definition) is 2. The Hall–Kier alpha value is -2.12. The first-order chi connectivity index (χ1) is 11.2. The number of para-hydroxylation sites is 1. The largest absolute Gasteiger partial charge is 0.503 e. The van der Waals surface area contributed by atoms with E-state index in [1.165, 1.54) is 11.3 Å². The summed E-state index contributed by atoms with van der Waals surface area (Å²) in [5.41, 5.74) is 4.67. The molecule has 0 aliphatic heterocycles. The Morgan fingerprint density at radius 3 is 3.00 bits per heavy atom. The van der Waals surface area contributed by atoms with Crippen molar-refractivity contribution in [1.82, 2.24) is 4.98 Å².